The number of amides is 2. The van der Waals surface area contributed by atoms with Crippen LogP contribution in [-0.4, -0.2) is 55.1 Å². The molecule has 2 aromatic rings. The second-order valence-electron chi connectivity index (χ2n) is 5.74. The number of likely N-dealkylation sites (N-methyl/N-ethyl adjacent to an activating group) is 1. The number of hydrogen-bond donors (Lipinski definition) is 1. The summed E-state index contributed by atoms with van der Waals surface area (Å²) in [5.41, 5.74) is 1.74. The third-order valence-electron chi connectivity index (χ3n) is 3.54. The average Bonchev–Trinajstić information content (AvgIpc) is 2.60. The van der Waals surface area contributed by atoms with Crippen molar-refractivity contribution in [3.63, 3.8) is 0 Å². The van der Waals surface area contributed by atoms with Crippen molar-refractivity contribution in [3.05, 3.63) is 54.4 Å². The minimum atomic E-state index is -0.133. The average molecular weight is 328 g/mol. The number of methoxy groups -OCH3 is 1. The number of anilines is 1. The molecular weight excluding hydrogens is 304 g/mol. The van der Waals surface area contributed by atoms with Crippen molar-refractivity contribution in [2.45, 2.75) is 6.54 Å². The normalized spacial score (nSPS) is 10.5. The molecule has 1 aromatic carbocycles. The van der Waals surface area contributed by atoms with Gasteiger partial charge in [-0.2, -0.15) is 0 Å². The SMILES string of the molecule is COc1ccc(NC(=O)N(CCN(C)C)Cc2cccnc2)cc1. The summed E-state index contributed by atoms with van der Waals surface area (Å²) < 4.78 is 5.13. The van der Waals surface area contributed by atoms with Gasteiger partial charge in [-0.05, 0) is 50.0 Å². The van der Waals surface area contributed by atoms with Crippen LogP contribution in [0.2, 0.25) is 0 Å². The van der Waals surface area contributed by atoms with Crippen LogP contribution in [0.4, 0.5) is 10.5 Å². The Morgan fingerprint density at radius 2 is 1.92 bits per heavy atom. The van der Waals surface area contributed by atoms with E-state index >= 15 is 0 Å². The first-order valence-electron chi connectivity index (χ1n) is 7.82. The van der Waals surface area contributed by atoms with Gasteiger partial charge in [-0.3, -0.25) is 4.98 Å². The van der Waals surface area contributed by atoms with E-state index in [9.17, 15) is 4.79 Å². The van der Waals surface area contributed by atoms with E-state index in [1.54, 1.807) is 24.4 Å². The molecule has 0 aliphatic heterocycles. The van der Waals surface area contributed by atoms with Crippen LogP contribution in [0.15, 0.2) is 48.8 Å². The number of urea groups is 1. The maximum absolute atomic E-state index is 12.6. The number of hydrogen-bond acceptors (Lipinski definition) is 4. The predicted molar refractivity (Wildman–Crippen MR) is 95.2 cm³/mol. The fraction of sp³-hybridized carbons (Fsp3) is 0.333. The maximum atomic E-state index is 12.6. The summed E-state index contributed by atoms with van der Waals surface area (Å²) in [6.45, 7) is 1.93. The molecule has 2 rings (SSSR count). The van der Waals surface area contributed by atoms with Gasteiger partial charge in [-0.25, -0.2) is 4.79 Å². The van der Waals surface area contributed by atoms with Crippen LogP contribution in [0.5, 0.6) is 5.75 Å². The van der Waals surface area contributed by atoms with E-state index < -0.39 is 0 Å². The summed E-state index contributed by atoms with van der Waals surface area (Å²) in [5, 5.41) is 2.93. The van der Waals surface area contributed by atoms with Crippen LogP contribution in [0.3, 0.4) is 0 Å². The lowest BCUT2D eigenvalue weighted by atomic mass is 10.2. The largest absolute Gasteiger partial charge is 0.497 e. The highest BCUT2D eigenvalue weighted by molar-refractivity contribution is 5.89. The lowest BCUT2D eigenvalue weighted by Gasteiger charge is -2.24. The van der Waals surface area contributed by atoms with Crippen molar-refractivity contribution in [2.75, 3.05) is 39.6 Å². The minimum absolute atomic E-state index is 0.133. The van der Waals surface area contributed by atoms with Crippen molar-refractivity contribution in [1.29, 1.82) is 0 Å². The highest BCUT2D eigenvalue weighted by atomic mass is 16.5. The summed E-state index contributed by atoms with van der Waals surface area (Å²) in [4.78, 5) is 20.6. The molecule has 24 heavy (non-hydrogen) atoms. The number of pyridine rings is 1. The van der Waals surface area contributed by atoms with Gasteiger partial charge in [0.05, 0.1) is 7.11 Å². The third-order valence-corrected chi connectivity index (χ3v) is 3.54. The van der Waals surface area contributed by atoms with Crippen LogP contribution in [-0.2, 0) is 6.54 Å². The zero-order valence-electron chi connectivity index (χ0n) is 14.4. The Bertz CT molecular complexity index is 629. The molecule has 1 N–H and O–H groups in total. The first-order chi connectivity index (χ1) is 11.6. The molecule has 0 bridgehead atoms. The smallest absolute Gasteiger partial charge is 0.322 e. The van der Waals surface area contributed by atoms with Gasteiger partial charge >= 0.3 is 6.03 Å². The second kappa shape index (κ2) is 8.88. The number of nitrogens with zero attached hydrogens (tertiary/aromatic N) is 3. The first kappa shape index (κ1) is 17.7. The molecule has 6 heteroatoms. The lowest BCUT2D eigenvalue weighted by molar-refractivity contribution is 0.202. The Kier molecular flexibility index (Phi) is 6.57. The van der Waals surface area contributed by atoms with E-state index in [-0.39, 0.29) is 6.03 Å². The molecule has 1 heterocycles. The van der Waals surface area contributed by atoms with Gasteiger partial charge in [0.15, 0.2) is 0 Å². The third kappa shape index (κ3) is 5.55. The molecule has 0 saturated heterocycles. The van der Waals surface area contributed by atoms with Crippen molar-refractivity contribution in [3.8, 4) is 5.75 Å². The lowest BCUT2D eigenvalue weighted by Crippen LogP contribution is -2.39. The number of rotatable bonds is 7. The van der Waals surface area contributed by atoms with Gasteiger partial charge in [0.25, 0.3) is 0 Å². The molecule has 0 spiro atoms. The number of carbonyl (C=O) groups excluding carboxylic acids is 1. The zero-order valence-corrected chi connectivity index (χ0v) is 14.4. The fourth-order valence-electron chi connectivity index (χ4n) is 2.16. The topological polar surface area (TPSA) is 57.7 Å². The van der Waals surface area contributed by atoms with E-state index in [0.29, 0.717) is 13.1 Å². The van der Waals surface area contributed by atoms with Gasteiger partial charge in [0, 0.05) is 37.7 Å². The standard InChI is InChI=1S/C18H24N4O2/c1-21(2)11-12-22(14-15-5-4-10-19-13-15)18(23)20-16-6-8-17(24-3)9-7-16/h4-10,13H,11-12,14H2,1-3H3,(H,20,23). The molecule has 0 saturated carbocycles. The van der Waals surface area contributed by atoms with Gasteiger partial charge in [-0.15, -0.1) is 0 Å². The molecule has 128 valence electrons. The minimum Gasteiger partial charge on any atom is -0.497 e. The molecule has 6 nitrogen and oxygen atoms in total. The van der Waals surface area contributed by atoms with Crippen LogP contribution < -0.4 is 10.1 Å². The van der Waals surface area contributed by atoms with E-state index in [4.69, 9.17) is 4.74 Å². The quantitative estimate of drug-likeness (QED) is 0.849. The molecule has 0 radical (unpaired) electrons. The van der Waals surface area contributed by atoms with Crippen LogP contribution >= 0.6 is 0 Å². The van der Waals surface area contributed by atoms with Crippen molar-refractivity contribution in [1.82, 2.24) is 14.8 Å². The molecule has 1 aromatic heterocycles. The molecule has 0 aliphatic carbocycles. The predicted octanol–water partition coefficient (Wildman–Crippen LogP) is 2.69. The summed E-state index contributed by atoms with van der Waals surface area (Å²) >= 11 is 0. The van der Waals surface area contributed by atoms with Gasteiger partial charge < -0.3 is 19.9 Å². The Labute approximate surface area is 143 Å². The Hall–Kier alpha value is -2.60. The number of nitrogens with one attached hydrogen (secondary N) is 1. The van der Waals surface area contributed by atoms with Gasteiger partial charge in [-0.1, -0.05) is 6.07 Å². The summed E-state index contributed by atoms with van der Waals surface area (Å²) in [6, 6.07) is 11.0. The highest BCUT2D eigenvalue weighted by Gasteiger charge is 2.14. The fourth-order valence-corrected chi connectivity index (χ4v) is 2.16. The number of ether oxygens (including phenoxy) is 1. The van der Waals surface area contributed by atoms with Crippen molar-refractivity contribution in [2.24, 2.45) is 0 Å². The van der Waals surface area contributed by atoms with Crippen molar-refractivity contribution < 1.29 is 9.53 Å². The summed E-state index contributed by atoms with van der Waals surface area (Å²) in [7, 11) is 5.59. The number of aromatic nitrogens is 1. The molecule has 0 fully saturated rings. The number of benzene rings is 1. The van der Waals surface area contributed by atoms with Crippen LogP contribution in [0, 0.1) is 0 Å². The molecule has 2 amide bonds. The molecule has 0 unspecified atom stereocenters. The monoisotopic (exact) mass is 328 g/mol. The maximum Gasteiger partial charge on any atom is 0.322 e. The number of carbonyl (C=O) groups is 1. The highest BCUT2D eigenvalue weighted by Crippen LogP contribution is 2.16. The van der Waals surface area contributed by atoms with Crippen LogP contribution in [0.1, 0.15) is 5.56 Å². The first-order valence-corrected chi connectivity index (χ1v) is 7.82. The van der Waals surface area contributed by atoms with E-state index in [2.05, 4.69) is 15.2 Å². The second-order valence-corrected chi connectivity index (χ2v) is 5.74. The van der Waals surface area contributed by atoms with E-state index in [1.807, 2.05) is 50.5 Å². The molecule has 0 aliphatic rings. The Morgan fingerprint density at radius 1 is 1.17 bits per heavy atom. The zero-order chi connectivity index (χ0) is 17.4. The summed E-state index contributed by atoms with van der Waals surface area (Å²) in [6.07, 6.45) is 3.51. The molecular formula is C18H24N4O2. The van der Waals surface area contributed by atoms with Crippen LogP contribution in [0.25, 0.3) is 0 Å². The molecule has 0 atom stereocenters. The van der Waals surface area contributed by atoms with E-state index in [0.717, 1.165) is 23.5 Å². The van der Waals surface area contributed by atoms with Gasteiger partial charge in [0.2, 0.25) is 0 Å². The van der Waals surface area contributed by atoms with Crippen molar-refractivity contribution >= 4 is 11.7 Å². The Morgan fingerprint density at radius 3 is 2.50 bits per heavy atom. The summed E-state index contributed by atoms with van der Waals surface area (Å²) in [5.74, 6) is 0.757. The van der Waals surface area contributed by atoms with Gasteiger partial charge in [0.1, 0.15) is 5.75 Å². The van der Waals surface area contributed by atoms with E-state index in [1.165, 1.54) is 0 Å². The Balaban J connectivity index is 2.04.